The van der Waals surface area contributed by atoms with Gasteiger partial charge in [0.1, 0.15) is 0 Å². The summed E-state index contributed by atoms with van der Waals surface area (Å²) in [5.74, 6) is 0. The van der Waals surface area contributed by atoms with Crippen LogP contribution < -0.4 is 4.72 Å². The number of piperidine rings is 1. The van der Waals surface area contributed by atoms with Gasteiger partial charge in [-0.05, 0) is 43.5 Å². The zero-order valence-electron chi connectivity index (χ0n) is 12.0. The molecule has 2 unspecified atom stereocenters. The highest BCUT2D eigenvalue weighted by Gasteiger charge is 2.37. The van der Waals surface area contributed by atoms with E-state index in [2.05, 4.69) is 9.62 Å². The number of nitrogens with one attached hydrogen (secondary N) is 1. The molecule has 116 valence electrons. The minimum atomic E-state index is -3.48. The molecule has 0 bridgehead atoms. The molecule has 2 fully saturated rings. The van der Waals surface area contributed by atoms with Crippen molar-refractivity contribution in [3.63, 3.8) is 0 Å². The number of hydrogen-bond acceptors (Lipinski definition) is 4. The van der Waals surface area contributed by atoms with Gasteiger partial charge in [0, 0.05) is 18.6 Å². The van der Waals surface area contributed by atoms with Crippen molar-refractivity contribution in [2.75, 3.05) is 13.1 Å². The lowest BCUT2D eigenvalue weighted by Crippen LogP contribution is -2.46. The van der Waals surface area contributed by atoms with E-state index in [4.69, 9.17) is 5.11 Å². The first kappa shape index (κ1) is 15.0. The molecule has 2 N–H and O–H groups in total. The molecule has 2 saturated heterocycles. The molecule has 0 spiro atoms. The van der Waals surface area contributed by atoms with Crippen molar-refractivity contribution in [1.82, 2.24) is 9.62 Å². The Morgan fingerprint density at radius 2 is 1.90 bits per heavy atom. The Kier molecular flexibility index (Phi) is 4.31. The summed E-state index contributed by atoms with van der Waals surface area (Å²) in [5.41, 5.74) is 0.716. The highest BCUT2D eigenvalue weighted by Crippen LogP contribution is 2.28. The molecular weight excluding hydrogens is 288 g/mol. The maximum atomic E-state index is 12.5. The van der Waals surface area contributed by atoms with Crippen LogP contribution >= 0.6 is 0 Å². The van der Waals surface area contributed by atoms with Gasteiger partial charge in [0.2, 0.25) is 10.0 Å². The number of nitrogens with zero attached hydrogens (tertiary/aromatic N) is 1. The van der Waals surface area contributed by atoms with E-state index in [0.29, 0.717) is 11.6 Å². The molecule has 0 aromatic heterocycles. The Labute approximate surface area is 126 Å². The van der Waals surface area contributed by atoms with Crippen molar-refractivity contribution in [1.29, 1.82) is 0 Å². The Hall–Kier alpha value is -0.950. The summed E-state index contributed by atoms with van der Waals surface area (Å²) >= 11 is 0. The second-order valence-corrected chi connectivity index (χ2v) is 7.63. The van der Waals surface area contributed by atoms with Gasteiger partial charge in [0.15, 0.2) is 0 Å². The summed E-state index contributed by atoms with van der Waals surface area (Å²) in [4.78, 5) is 2.68. The molecule has 5 nitrogen and oxygen atoms in total. The molecule has 1 aromatic rings. The van der Waals surface area contributed by atoms with Gasteiger partial charge in [-0.15, -0.1) is 0 Å². The average molecular weight is 310 g/mol. The van der Waals surface area contributed by atoms with Crippen LogP contribution in [-0.4, -0.2) is 43.6 Å². The lowest BCUT2D eigenvalue weighted by molar-refractivity contribution is 0.186. The van der Waals surface area contributed by atoms with Crippen LogP contribution in [0.2, 0.25) is 0 Å². The first-order valence-corrected chi connectivity index (χ1v) is 9.05. The SMILES string of the molecule is O=S(=O)(NC1CCN2CCCCC12)c1ccc(CO)cc1. The monoisotopic (exact) mass is 310 g/mol. The van der Waals surface area contributed by atoms with Crippen LogP contribution in [0.4, 0.5) is 0 Å². The third-order valence-electron chi connectivity index (χ3n) is 4.58. The van der Waals surface area contributed by atoms with Crippen LogP contribution in [0.3, 0.4) is 0 Å². The zero-order valence-corrected chi connectivity index (χ0v) is 12.8. The Morgan fingerprint density at radius 3 is 2.62 bits per heavy atom. The first-order valence-electron chi connectivity index (χ1n) is 7.56. The summed E-state index contributed by atoms with van der Waals surface area (Å²) in [7, 11) is -3.48. The number of benzene rings is 1. The smallest absolute Gasteiger partial charge is 0.240 e. The average Bonchev–Trinajstić information content (AvgIpc) is 2.90. The van der Waals surface area contributed by atoms with E-state index in [1.165, 1.54) is 12.8 Å². The third-order valence-corrected chi connectivity index (χ3v) is 6.08. The number of hydrogen-bond donors (Lipinski definition) is 2. The molecular formula is C15H22N2O3S. The summed E-state index contributed by atoms with van der Waals surface area (Å²) in [6.07, 6.45) is 4.37. The number of fused-ring (bicyclic) bond motifs is 1. The molecule has 2 atom stereocenters. The number of sulfonamides is 1. The van der Waals surface area contributed by atoms with Crippen molar-refractivity contribution in [3.05, 3.63) is 29.8 Å². The largest absolute Gasteiger partial charge is 0.392 e. The van der Waals surface area contributed by atoms with Gasteiger partial charge < -0.3 is 5.11 Å². The van der Waals surface area contributed by atoms with Gasteiger partial charge >= 0.3 is 0 Å². The zero-order chi connectivity index (χ0) is 14.9. The van der Waals surface area contributed by atoms with E-state index in [1.807, 2.05) is 0 Å². The molecule has 3 rings (SSSR count). The van der Waals surface area contributed by atoms with Crippen molar-refractivity contribution in [3.8, 4) is 0 Å². The maximum absolute atomic E-state index is 12.5. The van der Waals surface area contributed by atoms with Gasteiger partial charge in [-0.1, -0.05) is 18.6 Å². The fourth-order valence-electron chi connectivity index (χ4n) is 3.43. The molecule has 0 radical (unpaired) electrons. The molecule has 2 aliphatic rings. The summed E-state index contributed by atoms with van der Waals surface area (Å²) in [6.45, 7) is 2.00. The molecule has 0 aliphatic carbocycles. The van der Waals surface area contributed by atoms with Crippen LogP contribution in [-0.2, 0) is 16.6 Å². The minimum Gasteiger partial charge on any atom is -0.392 e. The van der Waals surface area contributed by atoms with Crippen LogP contribution in [0.25, 0.3) is 0 Å². The van der Waals surface area contributed by atoms with Crippen LogP contribution in [0.1, 0.15) is 31.2 Å². The van der Waals surface area contributed by atoms with Gasteiger partial charge in [-0.3, -0.25) is 4.90 Å². The first-order chi connectivity index (χ1) is 10.1. The van der Waals surface area contributed by atoms with E-state index in [-0.39, 0.29) is 17.5 Å². The summed E-state index contributed by atoms with van der Waals surface area (Å²) in [6, 6.07) is 6.79. The summed E-state index contributed by atoms with van der Waals surface area (Å²) in [5, 5.41) is 9.02. The highest BCUT2D eigenvalue weighted by molar-refractivity contribution is 7.89. The van der Waals surface area contributed by atoms with Crippen LogP contribution in [0, 0.1) is 0 Å². The maximum Gasteiger partial charge on any atom is 0.240 e. The molecule has 21 heavy (non-hydrogen) atoms. The van der Waals surface area contributed by atoms with E-state index >= 15 is 0 Å². The normalized spacial score (nSPS) is 26.7. The Bertz CT molecular complexity index is 585. The Morgan fingerprint density at radius 1 is 1.14 bits per heavy atom. The van der Waals surface area contributed by atoms with Crippen LogP contribution in [0.5, 0.6) is 0 Å². The van der Waals surface area contributed by atoms with Gasteiger partial charge in [-0.25, -0.2) is 13.1 Å². The molecule has 0 amide bonds. The van der Waals surface area contributed by atoms with Gasteiger partial charge in [-0.2, -0.15) is 0 Å². The third kappa shape index (κ3) is 3.13. The van der Waals surface area contributed by atoms with E-state index in [1.54, 1.807) is 24.3 Å². The molecule has 6 heteroatoms. The molecule has 2 aliphatic heterocycles. The fraction of sp³-hybridized carbons (Fsp3) is 0.600. The molecule has 0 saturated carbocycles. The summed E-state index contributed by atoms with van der Waals surface area (Å²) < 4.78 is 27.8. The predicted octanol–water partition coefficient (Wildman–Crippen LogP) is 1.08. The lowest BCUT2D eigenvalue weighted by Gasteiger charge is -2.32. The van der Waals surface area contributed by atoms with E-state index < -0.39 is 10.0 Å². The van der Waals surface area contributed by atoms with Gasteiger partial charge in [0.05, 0.1) is 11.5 Å². The van der Waals surface area contributed by atoms with Crippen molar-refractivity contribution in [2.24, 2.45) is 0 Å². The van der Waals surface area contributed by atoms with E-state index in [9.17, 15) is 8.42 Å². The van der Waals surface area contributed by atoms with Crippen molar-refractivity contribution >= 4 is 10.0 Å². The Balaban J connectivity index is 1.73. The number of aliphatic hydroxyl groups is 1. The molecule has 1 aromatic carbocycles. The second kappa shape index (κ2) is 6.04. The number of rotatable bonds is 4. The standard InChI is InChI=1S/C15H22N2O3S/c18-11-12-4-6-13(7-5-12)21(19,20)16-14-8-10-17-9-2-1-3-15(14)17/h4-7,14-16,18H,1-3,8-11H2. The second-order valence-electron chi connectivity index (χ2n) is 5.92. The van der Waals surface area contributed by atoms with Gasteiger partial charge in [0.25, 0.3) is 0 Å². The lowest BCUT2D eigenvalue weighted by atomic mass is 10.00. The molecule has 2 heterocycles. The minimum absolute atomic E-state index is 0.0211. The number of aliphatic hydroxyl groups excluding tert-OH is 1. The fourth-order valence-corrected chi connectivity index (χ4v) is 4.73. The van der Waals surface area contributed by atoms with Crippen molar-refractivity contribution < 1.29 is 13.5 Å². The van der Waals surface area contributed by atoms with E-state index in [0.717, 1.165) is 25.9 Å². The predicted molar refractivity (Wildman–Crippen MR) is 80.3 cm³/mol. The van der Waals surface area contributed by atoms with Crippen molar-refractivity contribution in [2.45, 2.75) is 49.3 Å². The van der Waals surface area contributed by atoms with Crippen LogP contribution in [0.15, 0.2) is 29.2 Å². The topological polar surface area (TPSA) is 69.6 Å². The quantitative estimate of drug-likeness (QED) is 0.873. The highest BCUT2D eigenvalue weighted by atomic mass is 32.2.